The number of thiazole rings is 1. The average molecular weight is 593 g/mol. The fourth-order valence-corrected chi connectivity index (χ4v) is 6.81. The van der Waals surface area contributed by atoms with E-state index in [1.165, 1.54) is 0 Å². The van der Waals surface area contributed by atoms with Crippen molar-refractivity contribution >= 4 is 40.1 Å². The smallest absolute Gasteiger partial charge is 0.304 e. The van der Waals surface area contributed by atoms with Gasteiger partial charge in [-0.15, -0.1) is 0 Å². The molecule has 2 amide bonds. The van der Waals surface area contributed by atoms with Crippen molar-refractivity contribution in [2.24, 2.45) is 11.8 Å². The Morgan fingerprint density at radius 1 is 1.12 bits per heavy atom. The summed E-state index contributed by atoms with van der Waals surface area (Å²) in [5.41, 5.74) is 2.19. The molecule has 2 saturated heterocycles. The SMILES string of the molecule is O=C(O)C[C@@H](CC1CCOCC1)C(=O)N(c1nc(-c2ccccc2-c2ccc(N3CCCC3=O)nc2)c(F)s1)C1CC1. The molecule has 9 nitrogen and oxygen atoms in total. The predicted molar refractivity (Wildman–Crippen MR) is 157 cm³/mol. The minimum atomic E-state index is -1.02. The van der Waals surface area contributed by atoms with Crippen LogP contribution in [0.3, 0.4) is 0 Å². The first-order valence-electron chi connectivity index (χ1n) is 14.5. The molecular formula is C31H33FN4O5S. The Balaban J connectivity index is 1.29. The van der Waals surface area contributed by atoms with E-state index in [4.69, 9.17) is 4.74 Å². The summed E-state index contributed by atoms with van der Waals surface area (Å²) in [6.07, 6.45) is 6.34. The van der Waals surface area contributed by atoms with Crippen LogP contribution >= 0.6 is 11.3 Å². The van der Waals surface area contributed by atoms with Crippen molar-refractivity contribution in [3.8, 4) is 22.4 Å². The molecule has 1 saturated carbocycles. The minimum Gasteiger partial charge on any atom is -0.481 e. The van der Waals surface area contributed by atoms with Crippen LogP contribution in [0.15, 0.2) is 42.6 Å². The molecule has 0 spiro atoms. The van der Waals surface area contributed by atoms with Gasteiger partial charge >= 0.3 is 5.97 Å². The highest BCUT2D eigenvalue weighted by Gasteiger charge is 2.40. The molecule has 0 unspecified atom stereocenters. The maximum Gasteiger partial charge on any atom is 0.304 e. The first kappa shape index (κ1) is 28.4. The van der Waals surface area contributed by atoms with Crippen molar-refractivity contribution in [1.29, 1.82) is 0 Å². The predicted octanol–water partition coefficient (Wildman–Crippen LogP) is 5.54. The van der Waals surface area contributed by atoms with Crippen molar-refractivity contribution in [2.75, 3.05) is 29.6 Å². The number of halogens is 1. The van der Waals surface area contributed by atoms with Gasteiger partial charge in [0.2, 0.25) is 16.9 Å². The molecule has 1 N–H and O–H groups in total. The van der Waals surface area contributed by atoms with Gasteiger partial charge in [0, 0.05) is 55.5 Å². The monoisotopic (exact) mass is 592 g/mol. The van der Waals surface area contributed by atoms with E-state index in [1.54, 1.807) is 28.1 Å². The van der Waals surface area contributed by atoms with Gasteiger partial charge in [-0.25, -0.2) is 9.97 Å². The molecule has 4 heterocycles. The lowest BCUT2D eigenvalue weighted by Gasteiger charge is -2.29. The number of benzene rings is 1. The lowest BCUT2D eigenvalue weighted by atomic mass is 9.86. The lowest BCUT2D eigenvalue weighted by Crippen LogP contribution is -2.40. The molecule has 11 heteroatoms. The number of nitrogens with zero attached hydrogens (tertiary/aromatic N) is 4. The molecule has 42 heavy (non-hydrogen) atoms. The number of amides is 2. The Kier molecular flexibility index (Phi) is 8.30. The van der Waals surface area contributed by atoms with E-state index in [-0.39, 0.29) is 41.0 Å². The van der Waals surface area contributed by atoms with Gasteiger partial charge in [-0.2, -0.15) is 4.39 Å². The fraction of sp³-hybridized carbons (Fsp3) is 0.452. The van der Waals surface area contributed by atoms with E-state index in [9.17, 15) is 19.5 Å². The summed E-state index contributed by atoms with van der Waals surface area (Å²) < 4.78 is 21.1. The summed E-state index contributed by atoms with van der Waals surface area (Å²) in [5.74, 6) is -1.16. The van der Waals surface area contributed by atoms with Crippen LogP contribution < -0.4 is 9.80 Å². The number of carbonyl (C=O) groups excluding carboxylic acids is 2. The first-order valence-corrected chi connectivity index (χ1v) is 15.4. The number of aliphatic carboxylic acids is 1. The Morgan fingerprint density at radius 2 is 1.88 bits per heavy atom. The van der Waals surface area contributed by atoms with Crippen LogP contribution in [0.1, 0.15) is 51.4 Å². The van der Waals surface area contributed by atoms with E-state index < -0.39 is 17.0 Å². The number of ether oxygens (including phenoxy) is 1. The van der Waals surface area contributed by atoms with E-state index in [2.05, 4.69) is 9.97 Å². The van der Waals surface area contributed by atoms with Crippen molar-refractivity contribution in [2.45, 2.75) is 57.4 Å². The summed E-state index contributed by atoms with van der Waals surface area (Å²) in [6.45, 7) is 1.87. The number of carbonyl (C=O) groups is 3. The summed E-state index contributed by atoms with van der Waals surface area (Å²) in [5, 5.41) is 9.35. The molecule has 6 rings (SSSR count). The first-order chi connectivity index (χ1) is 20.4. The van der Waals surface area contributed by atoms with E-state index in [1.807, 2.05) is 24.3 Å². The van der Waals surface area contributed by atoms with Gasteiger partial charge in [0.15, 0.2) is 5.13 Å². The number of carboxylic acids is 1. The zero-order valence-electron chi connectivity index (χ0n) is 23.2. The highest BCUT2D eigenvalue weighted by molar-refractivity contribution is 7.14. The molecule has 0 radical (unpaired) electrons. The van der Waals surface area contributed by atoms with Gasteiger partial charge in [0.05, 0.1) is 6.42 Å². The van der Waals surface area contributed by atoms with Gasteiger partial charge < -0.3 is 9.84 Å². The van der Waals surface area contributed by atoms with Gasteiger partial charge in [-0.3, -0.25) is 24.2 Å². The zero-order valence-corrected chi connectivity index (χ0v) is 24.0. The van der Waals surface area contributed by atoms with Crippen LogP contribution in [-0.4, -0.2) is 58.7 Å². The molecule has 3 aromatic rings. The molecule has 220 valence electrons. The quantitative estimate of drug-likeness (QED) is 0.329. The summed E-state index contributed by atoms with van der Waals surface area (Å²) >= 11 is 0.820. The Hall–Kier alpha value is -3.70. The standard InChI is InChI=1S/C31H33FN4O5S/c32-29-28(24-5-2-1-4-23(24)20-7-10-25(33-18-20)35-13-3-6-26(35)37)34-31(42-29)36(22-8-9-22)30(40)21(17-27(38)39)16-19-11-14-41-15-12-19/h1-2,4-5,7,10,18-19,21-22H,3,6,8-9,11-17H2,(H,38,39)/t21-/m1/s1. The van der Waals surface area contributed by atoms with Gasteiger partial charge in [-0.1, -0.05) is 35.6 Å². The molecule has 1 aliphatic carbocycles. The van der Waals surface area contributed by atoms with E-state index in [0.717, 1.165) is 54.6 Å². The van der Waals surface area contributed by atoms with Crippen LogP contribution in [0.2, 0.25) is 0 Å². The van der Waals surface area contributed by atoms with Crippen molar-refractivity contribution in [3.05, 3.63) is 47.7 Å². The van der Waals surface area contributed by atoms with Crippen LogP contribution in [0.5, 0.6) is 0 Å². The number of rotatable bonds is 10. The second-order valence-corrected chi connectivity index (χ2v) is 12.2. The molecule has 3 aliphatic rings. The van der Waals surface area contributed by atoms with E-state index in [0.29, 0.717) is 44.0 Å². The third kappa shape index (κ3) is 6.07. The lowest BCUT2D eigenvalue weighted by molar-refractivity contribution is -0.141. The third-order valence-corrected chi connectivity index (χ3v) is 9.09. The largest absolute Gasteiger partial charge is 0.481 e. The molecular weight excluding hydrogens is 559 g/mol. The number of anilines is 2. The molecule has 3 fully saturated rings. The van der Waals surface area contributed by atoms with Gasteiger partial charge in [0.1, 0.15) is 11.5 Å². The topological polar surface area (TPSA) is 113 Å². The van der Waals surface area contributed by atoms with Crippen LogP contribution in [0.4, 0.5) is 15.3 Å². The summed E-state index contributed by atoms with van der Waals surface area (Å²) in [4.78, 5) is 50.1. The molecule has 0 bridgehead atoms. The van der Waals surface area contributed by atoms with E-state index >= 15 is 4.39 Å². The Morgan fingerprint density at radius 3 is 2.52 bits per heavy atom. The van der Waals surface area contributed by atoms with Crippen molar-refractivity contribution < 1.29 is 28.6 Å². The number of hydrogen-bond donors (Lipinski definition) is 1. The summed E-state index contributed by atoms with van der Waals surface area (Å²) in [7, 11) is 0. The molecule has 2 aliphatic heterocycles. The number of pyridine rings is 1. The summed E-state index contributed by atoms with van der Waals surface area (Å²) in [6, 6.07) is 10.9. The van der Waals surface area contributed by atoms with Crippen molar-refractivity contribution in [1.82, 2.24) is 9.97 Å². The third-order valence-electron chi connectivity index (χ3n) is 8.25. The zero-order chi connectivity index (χ0) is 29.2. The number of carboxylic acid groups (broad SMARTS) is 1. The maximum absolute atomic E-state index is 15.6. The fourth-order valence-electron chi connectivity index (χ4n) is 5.92. The highest BCUT2D eigenvalue weighted by atomic mass is 32.1. The molecule has 1 aromatic carbocycles. The normalized spacial score (nSPS) is 18.3. The maximum atomic E-state index is 15.6. The van der Waals surface area contributed by atoms with Gasteiger partial charge in [0.25, 0.3) is 0 Å². The highest BCUT2D eigenvalue weighted by Crippen LogP contribution is 2.42. The molecule has 2 aromatic heterocycles. The van der Waals surface area contributed by atoms with Crippen LogP contribution in [0.25, 0.3) is 22.4 Å². The van der Waals surface area contributed by atoms with Crippen molar-refractivity contribution in [3.63, 3.8) is 0 Å². The second-order valence-electron chi connectivity index (χ2n) is 11.2. The Labute approximate surface area is 247 Å². The number of hydrogen-bond acceptors (Lipinski definition) is 7. The van der Waals surface area contributed by atoms with Crippen LogP contribution in [-0.2, 0) is 19.1 Å². The van der Waals surface area contributed by atoms with Crippen LogP contribution in [0, 0.1) is 17.0 Å². The van der Waals surface area contributed by atoms with Gasteiger partial charge in [-0.05, 0) is 62.1 Å². The number of aromatic nitrogens is 2. The Bertz CT molecular complexity index is 1470. The average Bonchev–Trinajstić information content (AvgIpc) is 3.62. The second kappa shape index (κ2) is 12.3. The molecule has 1 atom stereocenters. The minimum absolute atomic E-state index is 0.0563.